The van der Waals surface area contributed by atoms with Crippen LogP contribution in [0.5, 0.6) is 17.2 Å². The monoisotopic (exact) mass is 506 g/mol. The van der Waals surface area contributed by atoms with Gasteiger partial charge in [-0.1, -0.05) is 0 Å². The molecule has 0 atom stereocenters. The largest absolute Gasteiger partial charge is 0.493 e. The molecule has 3 aromatic rings. The van der Waals surface area contributed by atoms with Crippen molar-refractivity contribution in [2.45, 2.75) is 0 Å². The van der Waals surface area contributed by atoms with Gasteiger partial charge < -0.3 is 19.5 Å². The fraction of sp³-hybridized carbons (Fsp3) is 0.120. The molecule has 3 aromatic carbocycles. The van der Waals surface area contributed by atoms with Crippen LogP contribution >= 0.6 is 0 Å². The molecule has 0 spiro atoms. The maximum absolute atomic E-state index is 12.3. The van der Waals surface area contributed by atoms with E-state index in [1.807, 2.05) is 0 Å². The maximum Gasteiger partial charge on any atom is 0.343 e. The summed E-state index contributed by atoms with van der Waals surface area (Å²) in [7, 11) is 2.93. The summed E-state index contributed by atoms with van der Waals surface area (Å²) >= 11 is 0. The molecule has 0 heterocycles. The molecule has 0 radical (unpaired) electrons. The lowest BCUT2D eigenvalue weighted by molar-refractivity contribution is -0.384. The first-order valence-electron chi connectivity index (χ1n) is 10.7. The Morgan fingerprint density at radius 3 is 2.19 bits per heavy atom. The molecule has 37 heavy (non-hydrogen) atoms. The third kappa shape index (κ3) is 7.36. The van der Waals surface area contributed by atoms with Crippen molar-refractivity contribution in [2.75, 3.05) is 20.8 Å². The van der Waals surface area contributed by atoms with Gasteiger partial charge in [-0.3, -0.25) is 19.7 Å². The van der Waals surface area contributed by atoms with Gasteiger partial charge in [-0.05, 0) is 60.2 Å². The van der Waals surface area contributed by atoms with Crippen LogP contribution in [-0.2, 0) is 4.79 Å². The van der Waals surface area contributed by atoms with Crippen molar-refractivity contribution in [2.24, 2.45) is 5.10 Å². The number of nitro benzene ring substituents is 1. The number of nitro groups is 1. The van der Waals surface area contributed by atoms with E-state index in [1.54, 1.807) is 24.3 Å². The van der Waals surface area contributed by atoms with E-state index in [-0.39, 0.29) is 23.5 Å². The number of non-ortho nitro benzene ring substituents is 1. The van der Waals surface area contributed by atoms with Gasteiger partial charge in [0.2, 0.25) is 0 Å². The fourth-order valence-corrected chi connectivity index (χ4v) is 2.97. The summed E-state index contributed by atoms with van der Waals surface area (Å²) in [5.74, 6) is -0.572. The van der Waals surface area contributed by atoms with Crippen molar-refractivity contribution in [3.63, 3.8) is 0 Å². The number of hydrogen-bond donors (Lipinski definition) is 2. The molecular weight excluding hydrogens is 484 g/mol. The molecule has 0 aromatic heterocycles. The topological polar surface area (TPSA) is 158 Å². The molecule has 0 aliphatic rings. The molecule has 3 rings (SSSR count). The van der Waals surface area contributed by atoms with Crippen LogP contribution in [0.25, 0.3) is 0 Å². The van der Waals surface area contributed by atoms with Crippen LogP contribution in [0.15, 0.2) is 71.8 Å². The Labute approximate surface area is 211 Å². The second kappa shape index (κ2) is 12.4. The van der Waals surface area contributed by atoms with E-state index in [0.29, 0.717) is 22.6 Å². The Hall–Kier alpha value is -5.26. The van der Waals surface area contributed by atoms with E-state index in [4.69, 9.17) is 14.2 Å². The summed E-state index contributed by atoms with van der Waals surface area (Å²) in [5, 5.41) is 17.0. The molecule has 0 aliphatic carbocycles. The highest BCUT2D eigenvalue weighted by atomic mass is 16.6. The lowest BCUT2D eigenvalue weighted by Crippen LogP contribution is -2.34. The lowest BCUT2D eigenvalue weighted by Gasteiger charge is -2.09. The van der Waals surface area contributed by atoms with E-state index in [2.05, 4.69) is 15.8 Å². The van der Waals surface area contributed by atoms with E-state index < -0.39 is 22.7 Å². The van der Waals surface area contributed by atoms with Crippen molar-refractivity contribution >= 4 is 29.7 Å². The van der Waals surface area contributed by atoms with E-state index in [9.17, 15) is 24.5 Å². The number of ether oxygens (including phenoxy) is 3. The highest BCUT2D eigenvalue weighted by molar-refractivity contribution is 5.97. The zero-order valence-electron chi connectivity index (χ0n) is 19.8. The molecule has 0 saturated heterocycles. The predicted molar refractivity (Wildman–Crippen MR) is 132 cm³/mol. The number of carbonyl (C=O) groups excluding carboxylic acids is 3. The van der Waals surface area contributed by atoms with Crippen molar-refractivity contribution in [1.82, 2.24) is 10.7 Å². The summed E-state index contributed by atoms with van der Waals surface area (Å²) in [4.78, 5) is 46.6. The van der Waals surface area contributed by atoms with Crippen molar-refractivity contribution in [3.05, 3.63) is 93.5 Å². The number of nitrogens with one attached hydrogen (secondary N) is 2. The average Bonchev–Trinajstić information content (AvgIpc) is 2.92. The number of methoxy groups -OCH3 is 2. The Morgan fingerprint density at radius 1 is 0.919 bits per heavy atom. The van der Waals surface area contributed by atoms with Crippen LogP contribution in [-0.4, -0.2) is 49.7 Å². The summed E-state index contributed by atoms with van der Waals surface area (Å²) in [6.07, 6.45) is 1.37. The molecule has 0 fully saturated rings. The molecule has 0 saturated carbocycles. The zero-order valence-corrected chi connectivity index (χ0v) is 19.8. The molecule has 0 unspecified atom stereocenters. The first-order chi connectivity index (χ1) is 17.8. The molecule has 190 valence electrons. The van der Waals surface area contributed by atoms with Crippen molar-refractivity contribution in [1.29, 1.82) is 0 Å². The van der Waals surface area contributed by atoms with Gasteiger partial charge in [0, 0.05) is 17.7 Å². The van der Waals surface area contributed by atoms with Gasteiger partial charge in [-0.25, -0.2) is 10.2 Å². The van der Waals surface area contributed by atoms with Gasteiger partial charge in [-0.15, -0.1) is 0 Å². The third-order valence-electron chi connectivity index (χ3n) is 4.86. The first-order valence-corrected chi connectivity index (χ1v) is 10.7. The molecule has 12 nitrogen and oxygen atoms in total. The lowest BCUT2D eigenvalue weighted by atomic mass is 10.2. The zero-order chi connectivity index (χ0) is 26.8. The summed E-state index contributed by atoms with van der Waals surface area (Å²) in [6, 6.07) is 15.9. The minimum Gasteiger partial charge on any atom is -0.493 e. The molecule has 2 N–H and O–H groups in total. The SMILES string of the molecule is COc1ccc(C(=O)NCC(=O)N/N=C\c2ccc(OC(=O)c3ccc([N+](=O)[O-])cc3)cc2)cc1OC. The summed E-state index contributed by atoms with van der Waals surface area (Å²) in [5.41, 5.74) is 3.23. The number of hydrogen-bond acceptors (Lipinski definition) is 9. The number of rotatable bonds is 10. The molecule has 12 heteroatoms. The Kier molecular flexibility index (Phi) is 8.86. The average molecular weight is 506 g/mol. The molecule has 0 aliphatic heterocycles. The smallest absolute Gasteiger partial charge is 0.343 e. The summed E-state index contributed by atoms with van der Waals surface area (Å²) in [6.45, 7) is -0.304. The van der Waals surface area contributed by atoms with Gasteiger partial charge in [-0.2, -0.15) is 5.10 Å². The first kappa shape index (κ1) is 26.3. The van der Waals surface area contributed by atoms with Gasteiger partial charge in [0.05, 0.1) is 37.5 Å². The number of nitrogens with zero attached hydrogens (tertiary/aromatic N) is 2. The maximum atomic E-state index is 12.3. The number of amides is 2. The Balaban J connectivity index is 1.46. The molecule has 2 amide bonds. The van der Waals surface area contributed by atoms with E-state index in [1.165, 1.54) is 62.9 Å². The van der Waals surface area contributed by atoms with E-state index in [0.717, 1.165) is 0 Å². The van der Waals surface area contributed by atoms with Crippen LogP contribution < -0.4 is 25.0 Å². The van der Waals surface area contributed by atoms with Crippen molar-refractivity contribution in [3.8, 4) is 17.2 Å². The second-order valence-corrected chi connectivity index (χ2v) is 7.31. The highest BCUT2D eigenvalue weighted by Crippen LogP contribution is 2.27. The Bertz CT molecular complexity index is 1320. The van der Waals surface area contributed by atoms with Gasteiger partial charge >= 0.3 is 5.97 Å². The van der Waals surface area contributed by atoms with Crippen LogP contribution in [0.3, 0.4) is 0 Å². The third-order valence-corrected chi connectivity index (χ3v) is 4.86. The quantitative estimate of drug-likeness (QED) is 0.140. The van der Waals surface area contributed by atoms with Gasteiger partial charge in [0.15, 0.2) is 11.5 Å². The number of benzene rings is 3. The number of carbonyl (C=O) groups is 3. The van der Waals surface area contributed by atoms with Crippen LogP contribution in [0.2, 0.25) is 0 Å². The van der Waals surface area contributed by atoms with Gasteiger partial charge in [0.1, 0.15) is 5.75 Å². The highest BCUT2D eigenvalue weighted by Gasteiger charge is 2.13. The van der Waals surface area contributed by atoms with Gasteiger partial charge in [0.25, 0.3) is 17.5 Å². The minimum absolute atomic E-state index is 0.132. The predicted octanol–water partition coefficient (Wildman–Crippen LogP) is 2.71. The number of hydrazone groups is 1. The molecular formula is C25H22N4O8. The van der Waals surface area contributed by atoms with Crippen LogP contribution in [0.4, 0.5) is 5.69 Å². The fourth-order valence-electron chi connectivity index (χ4n) is 2.97. The minimum atomic E-state index is -0.668. The normalized spacial score (nSPS) is 10.4. The number of esters is 1. The molecule has 0 bridgehead atoms. The van der Waals surface area contributed by atoms with Crippen LogP contribution in [0.1, 0.15) is 26.3 Å². The second-order valence-electron chi connectivity index (χ2n) is 7.31. The van der Waals surface area contributed by atoms with Crippen LogP contribution in [0, 0.1) is 10.1 Å². The standard InChI is InChI=1S/C25H22N4O8/c1-35-21-12-7-18(13-22(21)36-2)24(31)26-15-23(30)28-27-14-16-3-10-20(11-4-16)37-25(32)17-5-8-19(9-6-17)29(33)34/h3-14H,15H2,1-2H3,(H,26,31)(H,28,30)/b27-14-. The summed E-state index contributed by atoms with van der Waals surface area (Å²) < 4.78 is 15.5. The van der Waals surface area contributed by atoms with E-state index >= 15 is 0 Å². The Morgan fingerprint density at radius 2 is 1.57 bits per heavy atom. The van der Waals surface area contributed by atoms with Crippen molar-refractivity contribution < 1.29 is 33.5 Å².